The molecule has 4 nitrogen and oxygen atoms in total. The summed E-state index contributed by atoms with van der Waals surface area (Å²) in [5, 5.41) is 8.33. The van der Waals surface area contributed by atoms with Gasteiger partial charge in [0.25, 0.3) is 0 Å². The van der Waals surface area contributed by atoms with Crippen LogP contribution in [0.3, 0.4) is 0 Å². The number of ether oxygens (including phenoxy) is 3. The van der Waals surface area contributed by atoms with Crippen LogP contribution in [0.1, 0.15) is 51.4 Å². The molecule has 0 bridgehead atoms. The SMILES string of the molecule is N#CCCOCCCCCCOCC1CCCCO1. The van der Waals surface area contributed by atoms with Gasteiger partial charge in [-0.2, -0.15) is 5.26 Å². The molecule has 0 amide bonds. The highest BCUT2D eigenvalue weighted by atomic mass is 16.5. The molecule has 4 heteroatoms. The predicted molar refractivity (Wildman–Crippen MR) is 73.9 cm³/mol. The van der Waals surface area contributed by atoms with E-state index in [0.717, 1.165) is 45.7 Å². The van der Waals surface area contributed by atoms with E-state index in [0.29, 0.717) is 19.1 Å². The summed E-state index contributed by atoms with van der Waals surface area (Å²) in [4.78, 5) is 0. The first-order chi connectivity index (χ1) is 9.43. The Morgan fingerprint density at radius 2 is 1.79 bits per heavy atom. The largest absolute Gasteiger partial charge is 0.380 e. The maximum Gasteiger partial charge on any atom is 0.0808 e. The lowest BCUT2D eigenvalue weighted by Crippen LogP contribution is -2.24. The Morgan fingerprint density at radius 3 is 2.47 bits per heavy atom. The maximum absolute atomic E-state index is 8.33. The molecule has 1 fully saturated rings. The van der Waals surface area contributed by atoms with Gasteiger partial charge in [-0.05, 0) is 32.1 Å². The van der Waals surface area contributed by atoms with Crippen molar-refractivity contribution in [2.24, 2.45) is 0 Å². The highest BCUT2D eigenvalue weighted by Crippen LogP contribution is 2.12. The molecule has 1 aliphatic rings. The van der Waals surface area contributed by atoms with Crippen LogP contribution in [0.15, 0.2) is 0 Å². The van der Waals surface area contributed by atoms with Crippen LogP contribution in [-0.2, 0) is 14.2 Å². The second-order valence-electron chi connectivity index (χ2n) is 5.00. The Bertz CT molecular complexity index is 234. The van der Waals surface area contributed by atoms with E-state index in [-0.39, 0.29) is 0 Å². The van der Waals surface area contributed by atoms with E-state index in [2.05, 4.69) is 6.07 Å². The van der Waals surface area contributed by atoms with E-state index in [1.165, 1.54) is 25.7 Å². The zero-order valence-electron chi connectivity index (χ0n) is 11.9. The lowest BCUT2D eigenvalue weighted by atomic mass is 10.1. The van der Waals surface area contributed by atoms with Gasteiger partial charge in [0.05, 0.1) is 31.8 Å². The van der Waals surface area contributed by atoms with Crippen LogP contribution in [0.4, 0.5) is 0 Å². The number of hydrogen-bond acceptors (Lipinski definition) is 4. The molecular formula is C15H27NO3. The van der Waals surface area contributed by atoms with E-state index in [1.807, 2.05) is 0 Å². The van der Waals surface area contributed by atoms with E-state index in [4.69, 9.17) is 19.5 Å². The minimum atomic E-state index is 0.335. The average molecular weight is 269 g/mol. The van der Waals surface area contributed by atoms with Crippen LogP contribution in [0.5, 0.6) is 0 Å². The Labute approximate surface area is 117 Å². The second kappa shape index (κ2) is 12.4. The van der Waals surface area contributed by atoms with Crippen molar-refractivity contribution in [3.05, 3.63) is 0 Å². The third kappa shape index (κ3) is 9.89. The number of unbranched alkanes of at least 4 members (excludes halogenated alkanes) is 3. The van der Waals surface area contributed by atoms with E-state index >= 15 is 0 Å². The van der Waals surface area contributed by atoms with Gasteiger partial charge in [0.2, 0.25) is 0 Å². The van der Waals surface area contributed by atoms with Gasteiger partial charge in [0.15, 0.2) is 0 Å². The normalized spacial score (nSPS) is 19.2. The third-order valence-corrected chi connectivity index (χ3v) is 3.26. The summed E-state index contributed by atoms with van der Waals surface area (Å²) < 4.78 is 16.6. The van der Waals surface area contributed by atoms with Gasteiger partial charge in [-0.25, -0.2) is 0 Å². The first kappa shape index (κ1) is 16.4. The number of rotatable bonds is 11. The van der Waals surface area contributed by atoms with Gasteiger partial charge >= 0.3 is 0 Å². The van der Waals surface area contributed by atoms with Gasteiger partial charge in [0, 0.05) is 19.8 Å². The fourth-order valence-electron chi connectivity index (χ4n) is 2.14. The lowest BCUT2D eigenvalue weighted by molar-refractivity contribution is -0.0411. The molecule has 0 aromatic carbocycles. The number of nitrogens with zero attached hydrogens (tertiary/aromatic N) is 1. The van der Waals surface area contributed by atoms with Gasteiger partial charge in [-0.1, -0.05) is 12.8 Å². The van der Waals surface area contributed by atoms with Crippen molar-refractivity contribution >= 4 is 0 Å². The molecule has 1 heterocycles. The van der Waals surface area contributed by atoms with Crippen molar-refractivity contribution < 1.29 is 14.2 Å². The summed E-state index contributed by atoms with van der Waals surface area (Å²) in [7, 11) is 0. The van der Waals surface area contributed by atoms with E-state index in [1.54, 1.807) is 0 Å². The molecule has 0 saturated carbocycles. The summed E-state index contributed by atoms with van der Waals surface area (Å²) in [6.07, 6.45) is 9.02. The average Bonchev–Trinajstić information content (AvgIpc) is 2.46. The summed E-state index contributed by atoms with van der Waals surface area (Å²) in [5.41, 5.74) is 0. The van der Waals surface area contributed by atoms with E-state index in [9.17, 15) is 0 Å². The van der Waals surface area contributed by atoms with Gasteiger partial charge < -0.3 is 14.2 Å². The molecule has 0 spiro atoms. The standard InChI is InChI=1S/C15H27NO3/c16-9-7-12-17-10-4-1-2-5-11-18-14-15-8-3-6-13-19-15/h15H,1-8,10-14H2. The quantitative estimate of drug-likeness (QED) is 0.541. The third-order valence-electron chi connectivity index (χ3n) is 3.26. The van der Waals surface area contributed by atoms with Crippen molar-refractivity contribution in [3.63, 3.8) is 0 Å². The fourth-order valence-corrected chi connectivity index (χ4v) is 2.14. The summed E-state index contributed by atoms with van der Waals surface area (Å²) in [5.74, 6) is 0. The van der Waals surface area contributed by atoms with Crippen molar-refractivity contribution in [1.82, 2.24) is 0 Å². The molecule has 110 valence electrons. The molecule has 0 aliphatic carbocycles. The summed E-state index contributed by atoms with van der Waals surface area (Å²) in [6.45, 7) is 3.85. The molecule has 1 unspecified atom stereocenters. The van der Waals surface area contributed by atoms with Crippen molar-refractivity contribution in [1.29, 1.82) is 5.26 Å². The molecule has 1 rings (SSSR count). The molecular weight excluding hydrogens is 242 g/mol. The van der Waals surface area contributed by atoms with Crippen LogP contribution in [0, 0.1) is 11.3 Å². The molecule has 0 aromatic heterocycles. The zero-order chi connectivity index (χ0) is 13.6. The Balaban J connectivity index is 1.72. The van der Waals surface area contributed by atoms with Gasteiger partial charge in [-0.15, -0.1) is 0 Å². The smallest absolute Gasteiger partial charge is 0.0808 e. The van der Waals surface area contributed by atoms with Gasteiger partial charge in [0.1, 0.15) is 0 Å². The number of nitriles is 1. The highest BCUT2D eigenvalue weighted by molar-refractivity contribution is 4.67. The molecule has 0 aromatic rings. The van der Waals surface area contributed by atoms with Crippen molar-refractivity contribution in [3.8, 4) is 6.07 Å². The predicted octanol–water partition coefficient (Wildman–Crippen LogP) is 3.06. The van der Waals surface area contributed by atoms with Crippen LogP contribution < -0.4 is 0 Å². The summed E-state index contributed by atoms with van der Waals surface area (Å²) >= 11 is 0. The second-order valence-corrected chi connectivity index (χ2v) is 5.00. The molecule has 1 saturated heterocycles. The van der Waals surface area contributed by atoms with E-state index < -0.39 is 0 Å². The van der Waals surface area contributed by atoms with Crippen LogP contribution >= 0.6 is 0 Å². The van der Waals surface area contributed by atoms with Crippen molar-refractivity contribution in [2.45, 2.75) is 57.5 Å². The topological polar surface area (TPSA) is 51.5 Å². The first-order valence-electron chi connectivity index (χ1n) is 7.57. The Kier molecular flexibility index (Phi) is 10.7. The maximum atomic E-state index is 8.33. The monoisotopic (exact) mass is 269 g/mol. The molecule has 0 N–H and O–H groups in total. The number of hydrogen-bond donors (Lipinski definition) is 0. The first-order valence-corrected chi connectivity index (χ1v) is 7.57. The van der Waals surface area contributed by atoms with Crippen LogP contribution in [0.2, 0.25) is 0 Å². The van der Waals surface area contributed by atoms with Gasteiger partial charge in [-0.3, -0.25) is 0 Å². The van der Waals surface area contributed by atoms with Crippen LogP contribution in [0.25, 0.3) is 0 Å². The minimum Gasteiger partial charge on any atom is -0.380 e. The molecule has 19 heavy (non-hydrogen) atoms. The van der Waals surface area contributed by atoms with Crippen molar-refractivity contribution in [2.75, 3.05) is 33.0 Å². The Morgan fingerprint density at radius 1 is 1.00 bits per heavy atom. The molecule has 1 atom stereocenters. The van der Waals surface area contributed by atoms with Crippen LogP contribution in [-0.4, -0.2) is 39.1 Å². The fraction of sp³-hybridized carbons (Fsp3) is 0.933. The molecule has 0 radical (unpaired) electrons. The Hall–Kier alpha value is -0.630. The zero-order valence-corrected chi connectivity index (χ0v) is 11.9. The highest BCUT2D eigenvalue weighted by Gasteiger charge is 2.13. The summed E-state index contributed by atoms with van der Waals surface area (Å²) in [6, 6.07) is 2.07. The minimum absolute atomic E-state index is 0.335. The molecule has 1 aliphatic heterocycles. The lowest BCUT2D eigenvalue weighted by Gasteiger charge is -2.22.